The van der Waals surface area contributed by atoms with Crippen molar-refractivity contribution >= 4 is 35.1 Å². The molecule has 0 bridgehead atoms. The number of ether oxygens (including phenoxy) is 2. The average molecular weight is 509 g/mol. The van der Waals surface area contributed by atoms with Gasteiger partial charge >= 0.3 is 11.9 Å². The lowest BCUT2D eigenvalue weighted by Crippen LogP contribution is -2.12. The Bertz CT molecular complexity index is 1320. The molecule has 0 aliphatic heterocycles. The molecule has 4 aromatic rings. The molecule has 0 aliphatic rings. The minimum Gasteiger partial charge on any atom is -0.457 e. The van der Waals surface area contributed by atoms with E-state index in [2.05, 4.69) is 5.10 Å². The third-order valence-corrected chi connectivity index (χ3v) is 6.01. The number of esters is 2. The Balaban J connectivity index is 1.62. The molecule has 0 N–H and O–H groups in total. The molecule has 0 radical (unpaired) electrons. The van der Waals surface area contributed by atoms with E-state index in [0.717, 1.165) is 11.4 Å². The molecule has 0 atom stereocenters. The molecule has 1 heterocycles. The molecule has 0 amide bonds. The summed E-state index contributed by atoms with van der Waals surface area (Å²) < 4.78 is 12.6. The van der Waals surface area contributed by atoms with Crippen LogP contribution in [0.25, 0.3) is 5.69 Å². The summed E-state index contributed by atoms with van der Waals surface area (Å²) in [6.07, 6.45) is 0. The standard InChI is InChI=1S/C27H22Cl2N2O4/c1-17-11-18(2)31(30-17)23-13-21(26(32)34-15-19-7-3-5-9-24(19)28)12-22(14-23)27(33)35-16-20-8-4-6-10-25(20)29/h3-14H,15-16H2,1-2H3. The fraction of sp³-hybridized carbons (Fsp3) is 0.148. The number of carbonyl (C=O) groups is 2. The predicted octanol–water partition coefficient (Wildman–Crippen LogP) is 6.51. The quantitative estimate of drug-likeness (QED) is 0.266. The van der Waals surface area contributed by atoms with Crippen molar-refractivity contribution < 1.29 is 19.1 Å². The van der Waals surface area contributed by atoms with Crippen LogP contribution in [0.2, 0.25) is 10.0 Å². The summed E-state index contributed by atoms with van der Waals surface area (Å²) in [6.45, 7) is 3.74. The Morgan fingerprint density at radius 3 is 1.69 bits per heavy atom. The molecule has 0 aliphatic carbocycles. The Kier molecular flexibility index (Phi) is 7.54. The van der Waals surface area contributed by atoms with Crippen LogP contribution in [0.3, 0.4) is 0 Å². The first-order valence-electron chi connectivity index (χ1n) is 10.8. The summed E-state index contributed by atoms with van der Waals surface area (Å²) in [5.41, 5.74) is 3.91. The molecule has 0 saturated heterocycles. The van der Waals surface area contributed by atoms with E-state index in [1.807, 2.05) is 32.0 Å². The van der Waals surface area contributed by atoms with Gasteiger partial charge in [-0.1, -0.05) is 59.6 Å². The lowest BCUT2D eigenvalue weighted by atomic mass is 10.1. The second-order valence-electron chi connectivity index (χ2n) is 7.94. The highest BCUT2D eigenvalue weighted by Crippen LogP contribution is 2.22. The highest BCUT2D eigenvalue weighted by Gasteiger charge is 2.18. The SMILES string of the molecule is Cc1cc(C)n(-c2cc(C(=O)OCc3ccccc3Cl)cc(C(=O)OCc3ccccc3Cl)c2)n1. The number of nitrogens with zero attached hydrogens (tertiary/aromatic N) is 2. The second-order valence-corrected chi connectivity index (χ2v) is 8.76. The third-order valence-electron chi connectivity index (χ3n) is 5.28. The number of benzene rings is 3. The second kappa shape index (κ2) is 10.8. The van der Waals surface area contributed by atoms with Crippen molar-refractivity contribution in [3.63, 3.8) is 0 Å². The maximum absolute atomic E-state index is 12.9. The normalized spacial score (nSPS) is 10.7. The van der Waals surface area contributed by atoms with Gasteiger partial charge in [-0.05, 0) is 50.2 Å². The highest BCUT2D eigenvalue weighted by molar-refractivity contribution is 6.31. The van der Waals surface area contributed by atoms with Crippen LogP contribution in [0.4, 0.5) is 0 Å². The monoisotopic (exact) mass is 508 g/mol. The zero-order valence-corrected chi connectivity index (χ0v) is 20.6. The predicted molar refractivity (Wildman–Crippen MR) is 134 cm³/mol. The summed E-state index contributed by atoms with van der Waals surface area (Å²) in [5, 5.41) is 5.47. The van der Waals surface area contributed by atoms with Gasteiger partial charge in [0.05, 0.1) is 22.5 Å². The smallest absolute Gasteiger partial charge is 0.338 e. The Morgan fingerprint density at radius 2 is 1.26 bits per heavy atom. The van der Waals surface area contributed by atoms with Gasteiger partial charge in [-0.2, -0.15) is 5.10 Å². The van der Waals surface area contributed by atoms with Gasteiger partial charge in [0, 0.05) is 26.9 Å². The average Bonchev–Trinajstić information content (AvgIpc) is 3.20. The maximum Gasteiger partial charge on any atom is 0.338 e. The van der Waals surface area contributed by atoms with Gasteiger partial charge in [0.1, 0.15) is 13.2 Å². The zero-order chi connectivity index (χ0) is 24.9. The first-order chi connectivity index (χ1) is 16.8. The molecule has 178 valence electrons. The van der Waals surface area contributed by atoms with Crippen molar-refractivity contribution in [3.8, 4) is 5.69 Å². The number of halogens is 2. The van der Waals surface area contributed by atoms with E-state index < -0.39 is 11.9 Å². The zero-order valence-electron chi connectivity index (χ0n) is 19.1. The molecule has 0 fully saturated rings. The largest absolute Gasteiger partial charge is 0.457 e. The summed E-state index contributed by atoms with van der Waals surface area (Å²) in [6, 6.07) is 20.8. The number of carbonyl (C=O) groups excluding carboxylic acids is 2. The fourth-order valence-corrected chi connectivity index (χ4v) is 3.92. The van der Waals surface area contributed by atoms with E-state index >= 15 is 0 Å². The molecule has 0 saturated carbocycles. The first-order valence-corrected chi connectivity index (χ1v) is 11.6. The van der Waals surface area contributed by atoms with E-state index in [4.69, 9.17) is 32.7 Å². The molecule has 6 nitrogen and oxygen atoms in total. The molecule has 3 aromatic carbocycles. The van der Waals surface area contributed by atoms with Gasteiger partial charge in [0.2, 0.25) is 0 Å². The van der Waals surface area contributed by atoms with Gasteiger partial charge in [-0.25, -0.2) is 14.3 Å². The van der Waals surface area contributed by atoms with E-state index in [1.54, 1.807) is 53.2 Å². The van der Waals surface area contributed by atoms with Crippen LogP contribution < -0.4 is 0 Å². The molecular formula is C27H22Cl2N2O4. The van der Waals surface area contributed by atoms with Crippen LogP contribution >= 0.6 is 23.2 Å². The number of rotatable bonds is 7. The number of hydrogen-bond acceptors (Lipinski definition) is 5. The van der Waals surface area contributed by atoms with Crippen LogP contribution in [0.15, 0.2) is 72.8 Å². The minimum absolute atomic E-state index is 0.00503. The van der Waals surface area contributed by atoms with Gasteiger partial charge in [-0.3, -0.25) is 0 Å². The third kappa shape index (κ3) is 5.91. The summed E-state index contributed by atoms with van der Waals surface area (Å²) in [5.74, 6) is -1.21. The lowest BCUT2D eigenvalue weighted by Gasteiger charge is -2.12. The van der Waals surface area contributed by atoms with Crippen LogP contribution in [0.1, 0.15) is 43.2 Å². The van der Waals surface area contributed by atoms with Crippen LogP contribution in [0, 0.1) is 13.8 Å². The number of hydrogen-bond donors (Lipinski definition) is 0. The summed E-state index contributed by atoms with van der Waals surface area (Å²) in [7, 11) is 0. The van der Waals surface area contributed by atoms with Gasteiger partial charge in [-0.15, -0.1) is 0 Å². The van der Waals surface area contributed by atoms with Crippen LogP contribution in [-0.2, 0) is 22.7 Å². The maximum atomic E-state index is 12.9. The van der Waals surface area contributed by atoms with Crippen molar-refractivity contribution in [2.75, 3.05) is 0 Å². The van der Waals surface area contributed by atoms with E-state index in [9.17, 15) is 9.59 Å². The van der Waals surface area contributed by atoms with E-state index in [1.165, 1.54) is 6.07 Å². The van der Waals surface area contributed by atoms with Crippen molar-refractivity contribution in [2.24, 2.45) is 0 Å². The van der Waals surface area contributed by atoms with Gasteiger partial charge < -0.3 is 9.47 Å². The van der Waals surface area contributed by atoms with Crippen LogP contribution in [0.5, 0.6) is 0 Å². The summed E-state index contributed by atoms with van der Waals surface area (Å²) in [4.78, 5) is 25.9. The molecule has 0 spiro atoms. The molecule has 35 heavy (non-hydrogen) atoms. The highest BCUT2D eigenvalue weighted by atomic mass is 35.5. The Labute approximate surface area is 213 Å². The van der Waals surface area contributed by atoms with Gasteiger partial charge in [0.15, 0.2) is 0 Å². The Hall–Kier alpha value is -3.61. The van der Waals surface area contributed by atoms with Crippen LogP contribution in [-0.4, -0.2) is 21.7 Å². The number of aryl methyl sites for hydroxylation is 2. The molecule has 0 unspecified atom stereocenters. The van der Waals surface area contributed by atoms with Crippen molar-refractivity contribution in [2.45, 2.75) is 27.1 Å². The minimum atomic E-state index is -0.603. The topological polar surface area (TPSA) is 70.4 Å². The fourth-order valence-electron chi connectivity index (χ4n) is 3.54. The lowest BCUT2D eigenvalue weighted by molar-refractivity contribution is 0.0470. The Morgan fingerprint density at radius 1 is 0.771 bits per heavy atom. The molecular weight excluding hydrogens is 487 g/mol. The van der Waals surface area contributed by atoms with Crippen molar-refractivity contribution in [3.05, 3.63) is 116 Å². The van der Waals surface area contributed by atoms with E-state index in [-0.39, 0.29) is 24.3 Å². The molecule has 8 heteroatoms. The first kappa shape index (κ1) is 24.5. The summed E-state index contributed by atoms with van der Waals surface area (Å²) >= 11 is 12.3. The van der Waals surface area contributed by atoms with Crippen molar-refractivity contribution in [1.29, 1.82) is 0 Å². The van der Waals surface area contributed by atoms with Crippen molar-refractivity contribution in [1.82, 2.24) is 9.78 Å². The number of aromatic nitrogens is 2. The van der Waals surface area contributed by atoms with Gasteiger partial charge in [0.25, 0.3) is 0 Å². The molecule has 4 rings (SSSR count). The van der Waals surface area contributed by atoms with E-state index in [0.29, 0.717) is 26.9 Å². The molecule has 1 aromatic heterocycles.